The summed E-state index contributed by atoms with van der Waals surface area (Å²) in [6.45, 7) is 6.14. The lowest BCUT2D eigenvalue weighted by molar-refractivity contribution is -0.169. The second-order valence-corrected chi connectivity index (χ2v) is 6.90. The summed E-state index contributed by atoms with van der Waals surface area (Å²) in [6, 6.07) is 1.32. The Morgan fingerprint density at radius 2 is 2.07 bits per heavy atom. The molecule has 11 nitrogen and oxygen atoms in total. The Kier molecular flexibility index (Phi) is 6.54. The van der Waals surface area contributed by atoms with E-state index >= 15 is 0 Å². The SMILES string of the molecule is CC(C)OC(C)(C)C(=O)ONc1ccn([C@@H]2O[C@H](CO)[C@@H](O)[C@H]2O)c(=O)n1. The van der Waals surface area contributed by atoms with E-state index in [1.807, 2.05) is 0 Å². The lowest BCUT2D eigenvalue weighted by Gasteiger charge is -2.25. The summed E-state index contributed by atoms with van der Waals surface area (Å²) in [5.74, 6) is -0.748. The monoisotopic (exact) mass is 387 g/mol. The van der Waals surface area contributed by atoms with E-state index in [0.717, 1.165) is 4.57 Å². The molecule has 0 saturated carbocycles. The van der Waals surface area contributed by atoms with Crippen molar-refractivity contribution >= 4 is 11.8 Å². The number of carbonyl (C=O) groups excluding carboxylic acids is 1. The highest BCUT2D eigenvalue weighted by atomic mass is 16.7. The minimum Gasteiger partial charge on any atom is -0.394 e. The maximum Gasteiger partial charge on any atom is 0.363 e. The van der Waals surface area contributed by atoms with Crippen LogP contribution in [0.2, 0.25) is 0 Å². The minimum absolute atomic E-state index is 0.0447. The number of hydrogen-bond donors (Lipinski definition) is 4. The molecule has 0 radical (unpaired) electrons. The first-order valence-corrected chi connectivity index (χ1v) is 8.43. The fourth-order valence-electron chi connectivity index (χ4n) is 2.63. The molecule has 0 unspecified atom stereocenters. The van der Waals surface area contributed by atoms with Gasteiger partial charge in [-0.05, 0) is 27.7 Å². The summed E-state index contributed by atoms with van der Waals surface area (Å²) < 4.78 is 11.7. The van der Waals surface area contributed by atoms with Gasteiger partial charge in [-0.1, -0.05) is 0 Å². The van der Waals surface area contributed by atoms with Gasteiger partial charge < -0.3 is 29.6 Å². The number of ether oxygens (including phenoxy) is 2. The molecule has 2 rings (SSSR count). The molecule has 1 aliphatic rings. The van der Waals surface area contributed by atoms with Crippen LogP contribution in [-0.2, 0) is 19.1 Å². The molecule has 1 fully saturated rings. The second-order valence-electron chi connectivity index (χ2n) is 6.90. The molecular weight excluding hydrogens is 362 g/mol. The molecule has 4 N–H and O–H groups in total. The predicted molar refractivity (Wildman–Crippen MR) is 91.5 cm³/mol. The maximum absolute atomic E-state index is 12.2. The van der Waals surface area contributed by atoms with Crippen molar-refractivity contribution in [2.75, 3.05) is 12.1 Å². The van der Waals surface area contributed by atoms with Crippen molar-refractivity contribution in [1.29, 1.82) is 0 Å². The van der Waals surface area contributed by atoms with Crippen molar-refractivity contribution in [3.8, 4) is 0 Å². The second kappa shape index (κ2) is 8.31. The number of nitrogens with zero attached hydrogens (tertiary/aromatic N) is 2. The number of anilines is 1. The molecule has 0 aliphatic carbocycles. The number of aromatic nitrogens is 2. The van der Waals surface area contributed by atoms with E-state index in [9.17, 15) is 19.8 Å². The van der Waals surface area contributed by atoms with Crippen molar-refractivity contribution in [2.24, 2.45) is 0 Å². The Hall–Kier alpha value is -2.05. The Balaban J connectivity index is 2.05. The van der Waals surface area contributed by atoms with Gasteiger partial charge in [-0.15, -0.1) is 0 Å². The van der Waals surface area contributed by atoms with Crippen LogP contribution in [0.1, 0.15) is 33.9 Å². The van der Waals surface area contributed by atoms with Gasteiger partial charge in [-0.2, -0.15) is 4.98 Å². The summed E-state index contributed by atoms with van der Waals surface area (Å²) in [5.41, 5.74) is 0.259. The molecule has 2 heterocycles. The summed E-state index contributed by atoms with van der Waals surface area (Å²) in [4.78, 5) is 32.8. The third kappa shape index (κ3) is 4.82. The summed E-state index contributed by atoms with van der Waals surface area (Å²) in [7, 11) is 0. The van der Waals surface area contributed by atoms with Crippen LogP contribution < -0.4 is 11.2 Å². The fourth-order valence-corrected chi connectivity index (χ4v) is 2.63. The van der Waals surface area contributed by atoms with Gasteiger partial charge in [0.2, 0.25) is 0 Å². The van der Waals surface area contributed by atoms with Crippen molar-refractivity contribution in [3.63, 3.8) is 0 Å². The zero-order chi connectivity index (χ0) is 20.4. The van der Waals surface area contributed by atoms with Gasteiger partial charge in [-0.3, -0.25) is 4.57 Å². The summed E-state index contributed by atoms with van der Waals surface area (Å²) in [5, 5.41) is 28.8. The number of aliphatic hydroxyl groups is 3. The predicted octanol–water partition coefficient (Wildman–Crippen LogP) is -1.07. The molecule has 11 heteroatoms. The van der Waals surface area contributed by atoms with Crippen LogP contribution in [0.15, 0.2) is 17.1 Å². The minimum atomic E-state index is -1.41. The normalized spacial score (nSPS) is 25.6. The highest BCUT2D eigenvalue weighted by Crippen LogP contribution is 2.28. The zero-order valence-corrected chi connectivity index (χ0v) is 15.5. The Morgan fingerprint density at radius 3 is 2.59 bits per heavy atom. The molecule has 1 aromatic heterocycles. The molecule has 0 spiro atoms. The molecule has 0 bridgehead atoms. The van der Waals surface area contributed by atoms with E-state index in [-0.39, 0.29) is 11.9 Å². The fraction of sp³-hybridized carbons (Fsp3) is 0.688. The molecule has 1 aromatic rings. The van der Waals surface area contributed by atoms with Gasteiger partial charge in [0, 0.05) is 12.3 Å². The van der Waals surface area contributed by atoms with Gasteiger partial charge in [0.1, 0.15) is 18.3 Å². The standard InChI is InChI=1S/C16H25N3O8/c1-8(2)26-16(3,4)14(23)27-18-10-5-6-19(15(24)17-10)13-12(22)11(21)9(7-20)25-13/h5-6,8-9,11-13,20-22H,7H2,1-4H3,(H,17,18,24)/t9-,11-,12-,13-/m1/s1. The van der Waals surface area contributed by atoms with E-state index in [0.29, 0.717) is 0 Å². The van der Waals surface area contributed by atoms with Gasteiger partial charge in [0.05, 0.1) is 12.7 Å². The number of carbonyl (C=O) groups is 1. The summed E-state index contributed by atoms with van der Waals surface area (Å²) >= 11 is 0. The first kappa shape index (κ1) is 21.3. The van der Waals surface area contributed by atoms with E-state index in [4.69, 9.17) is 19.4 Å². The van der Waals surface area contributed by atoms with Gasteiger partial charge in [0.25, 0.3) is 0 Å². The van der Waals surface area contributed by atoms with Gasteiger partial charge in [-0.25, -0.2) is 15.1 Å². The van der Waals surface area contributed by atoms with Crippen LogP contribution >= 0.6 is 0 Å². The third-order valence-electron chi connectivity index (χ3n) is 3.89. The van der Waals surface area contributed by atoms with E-state index in [1.54, 1.807) is 27.7 Å². The van der Waals surface area contributed by atoms with E-state index in [2.05, 4.69) is 10.5 Å². The van der Waals surface area contributed by atoms with E-state index in [1.165, 1.54) is 12.3 Å². The first-order valence-electron chi connectivity index (χ1n) is 8.43. The number of aliphatic hydroxyl groups excluding tert-OH is 3. The van der Waals surface area contributed by atoms with Gasteiger partial charge >= 0.3 is 11.7 Å². The molecule has 1 aliphatic heterocycles. The average Bonchev–Trinajstić information content (AvgIpc) is 2.86. The molecule has 1 saturated heterocycles. The lowest BCUT2D eigenvalue weighted by Crippen LogP contribution is -2.40. The van der Waals surface area contributed by atoms with Crippen LogP contribution in [0.4, 0.5) is 5.82 Å². The highest BCUT2D eigenvalue weighted by Gasteiger charge is 2.43. The molecule has 0 aromatic carbocycles. The highest BCUT2D eigenvalue weighted by molar-refractivity contribution is 5.79. The van der Waals surface area contributed by atoms with Crippen LogP contribution in [0.25, 0.3) is 0 Å². The maximum atomic E-state index is 12.2. The van der Waals surface area contributed by atoms with Gasteiger partial charge in [0.15, 0.2) is 17.6 Å². The molecule has 4 atom stereocenters. The van der Waals surface area contributed by atoms with Crippen LogP contribution in [-0.4, -0.2) is 67.5 Å². The number of nitrogens with one attached hydrogen (secondary N) is 1. The molecule has 152 valence electrons. The van der Waals surface area contributed by atoms with Crippen molar-refractivity contribution in [2.45, 2.75) is 63.9 Å². The van der Waals surface area contributed by atoms with E-state index < -0.39 is 48.4 Å². The third-order valence-corrected chi connectivity index (χ3v) is 3.89. The quantitative estimate of drug-likeness (QED) is 0.425. The number of hydrogen-bond acceptors (Lipinski definition) is 10. The smallest absolute Gasteiger partial charge is 0.363 e. The van der Waals surface area contributed by atoms with Crippen molar-refractivity contribution in [3.05, 3.63) is 22.7 Å². The molecular formula is C16H25N3O8. The van der Waals surface area contributed by atoms with Crippen LogP contribution in [0.5, 0.6) is 0 Å². The lowest BCUT2D eigenvalue weighted by atomic mass is 10.1. The Morgan fingerprint density at radius 1 is 1.41 bits per heavy atom. The summed E-state index contributed by atoms with van der Waals surface area (Å²) in [6.07, 6.45) is -3.90. The Labute approximate surface area is 155 Å². The number of rotatable bonds is 7. The molecule has 0 amide bonds. The van der Waals surface area contributed by atoms with Crippen molar-refractivity contribution in [1.82, 2.24) is 9.55 Å². The van der Waals surface area contributed by atoms with Crippen LogP contribution in [0, 0.1) is 0 Å². The largest absolute Gasteiger partial charge is 0.394 e. The zero-order valence-electron chi connectivity index (χ0n) is 15.5. The van der Waals surface area contributed by atoms with Crippen molar-refractivity contribution < 1.29 is 34.4 Å². The van der Waals surface area contributed by atoms with Crippen LogP contribution in [0.3, 0.4) is 0 Å². The topological polar surface area (TPSA) is 152 Å². The molecule has 27 heavy (non-hydrogen) atoms. The Bertz CT molecular complexity index is 720. The average molecular weight is 387 g/mol. The first-order chi connectivity index (χ1) is 12.6.